The SMILES string of the molecule is CNc1nc2c(Cl)ccc(C(F)(F)F)c2cc1C(C)C. The highest BCUT2D eigenvalue weighted by atomic mass is 35.5. The summed E-state index contributed by atoms with van der Waals surface area (Å²) < 4.78 is 39.2. The van der Waals surface area contributed by atoms with Gasteiger partial charge < -0.3 is 5.32 Å². The molecule has 0 saturated heterocycles. The van der Waals surface area contributed by atoms with Crippen molar-refractivity contribution >= 4 is 28.3 Å². The standard InChI is InChI=1S/C14H14ClF3N2/c1-7(2)8-6-9-10(14(16,17)18)4-5-11(15)12(9)20-13(8)19-3/h4-7H,1-3H3,(H,19,20). The largest absolute Gasteiger partial charge is 0.417 e. The lowest BCUT2D eigenvalue weighted by atomic mass is 9.99. The number of anilines is 1. The van der Waals surface area contributed by atoms with Crippen molar-refractivity contribution < 1.29 is 13.2 Å². The zero-order chi connectivity index (χ0) is 15.1. The van der Waals surface area contributed by atoms with E-state index in [9.17, 15) is 13.2 Å². The maximum Gasteiger partial charge on any atom is 0.417 e. The summed E-state index contributed by atoms with van der Waals surface area (Å²) >= 11 is 5.98. The molecule has 20 heavy (non-hydrogen) atoms. The van der Waals surface area contributed by atoms with E-state index in [1.807, 2.05) is 13.8 Å². The molecule has 2 nitrogen and oxygen atoms in total. The van der Waals surface area contributed by atoms with Crippen molar-refractivity contribution in [3.8, 4) is 0 Å². The fourth-order valence-electron chi connectivity index (χ4n) is 2.13. The van der Waals surface area contributed by atoms with Crippen LogP contribution >= 0.6 is 11.6 Å². The third-order valence-electron chi connectivity index (χ3n) is 3.13. The maximum absolute atomic E-state index is 13.1. The maximum atomic E-state index is 13.1. The number of halogens is 4. The first kappa shape index (κ1) is 14.9. The number of nitrogens with zero attached hydrogens (tertiary/aromatic N) is 1. The summed E-state index contributed by atoms with van der Waals surface area (Å²) in [6.07, 6.45) is -4.43. The van der Waals surface area contributed by atoms with Crippen LogP contribution in [0.3, 0.4) is 0 Å². The number of hydrogen-bond donors (Lipinski definition) is 1. The minimum atomic E-state index is -4.43. The molecule has 0 aliphatic rings. The van der Waals surface area contributed by atoms with Crippen LogP contribution in [0.2, 0.25) is 5.02 Å². The van der Waals surface area contributed by atoms with E-state index < -0.39 is 11.7 Å². The Morgan fingerprint density at radius 3 is 2.40 bits per heavy atom. The van der Waals surface area contributed by atoms with Gasteiger partial charge in [-0.25, -0.2) is 4.98 Å². The number of rotatable bonds is 2. The topological polar surface area (TPSA) is 24.9 Å². The molecule has 0 aliphatic carbocycles. The van der Waals surface area contributed by atoms with Crippen LogP contribution in [0.1, 0.15) is 30.9 Å². The van der Waals surface area contributed by atoms with E-state index in [4.69, 9.17) is 11.6 Å². The molecule has 0 atom stereocenters. The van der Waals surface area contributed by atoms with Crippen LogP contribution < -0.4 is 5.32 Å². The predicted octanol–water partition coefficient (Wildman–Crippen LogP) is 5.07. The lowest BCUT2D eigenvalue weighted by molar-refractivity contribution is -0.136. The second-order valence-corrected chi connectivity index (χ2v) is 5.23. The van der Waals surface area contributed by atoms with E-state index in [2.05, 4.69) is 10.3 Å². The quantitative estimate of drug-likeness (QED) is 0.837. The van der Waals surface area contributed by atoms with Crippen LogP contribution in [0.5, 0.6) is 0 Å². The predicted molar refractivity (Wildman–Crippen MR) is 75.4 cm³/mol. The molecule has 0 radical (unpaired) electrons. The van der Waals surface area contributed by atoms with E-state index in [1.165, 1.54) is 12.1 Å². The smallest absolute Gasteiger partial charge is 0.373 e. The van der Waals surface area contributed by atoms with Gasteiger partial charge in [0.15, 0.2) is 0 Å². The molecule has 1 heterocycles. The normalized spacial score (nSPS) is 12.2. The van der Waals surface area contributed by atoms with Gasteiger partial charge in [0.05, 0.1) is 16.1 Å². The van der Waals surface area contributed by atoms with Crippen LogP contribution in [-0.2, 0) is 6.18 Å². The number of alkyl halides is 3. The molecule has 0 unspecified atom stereocenters. The number of pyridine rings is 1. The van der Waals surface area contributed by atoms with Crippen LogP contribution in [0.25, 0.3) is 10.9 Å². The first-order chi connectivity index (χ1) is 9.25. The monoisotopic (exact) mass is 302 g/mol. The van der Waals surface area contributed by atoms with Gasteiger partial charge in [0.1, 0.15) is 5.82 Å². The number of fused-ring (bicyclic) bond motifs is 1. The van der Waals surface area contributed by atoms with Crippen molar-refractivity contribution in [3.05, 3.63) is 34.3 Å². The molecule has 0 spiro atoms. The van der Waals surface area contributed by atoms with Gasteiger partial charge in [-0.15, -0.1) is 0 Å². The minimum Gasteiger partial charge on any atom is -0.373 e. The van der Waals surface area contributed by atoms with Gasteiger partial charge in [0, 0.05) is 12.4 Å². The van der Waals surface area contributed by atoms with Crippen molar-refractivity contribution in [2.45, 2.75) is 25.9 Å². The van der Waals surface area contributed by atoms with Gasteiger partial charge in [-0.1, -0.05) is 25.4 Å². The average Bonchev–Trinajstić information content (AvgIpc) is 2.36. The van der Waals surface area contributed by atoms with Gasteiger partial charge in [-0.2, -0.15) is 13.2 Å². The summed E-state index contributed by atoms with van der Waals surface area (Å²) in [6, 6.07) is 3.75. The lowest BCUT2D eigenvalue weighted by Crippen LogP contribution is -2.08. The van der Waals surface area contributed by atoms with Gasteiger partial charge in [0.25, 0.3) is 0 Å². The van der Waals surface area contributed by atoms with Crippen molar-refractivity contribution in [2.24, 2.45) is 0 Å². The van der Waals surface area contributed by atoms with E-state index in [0.717, 1.165) is 11.6 Å². The van der Waals surface area contributed by atoms with E-state index in [0.29, 0.717) is 5.82 Å². The third-order valence-corrected chi connectivity index (χ3v) is 3.43. The molecule has 0 bridgehead atoms. The third kappa shape index (κ3) is 2.54. The zero-order valence-electron chi connectivity index (χ0n) is 11.3. The Hall–Kier alpha value is -1.49. The molecule has 0 amide bonds. The molecule has 6 heteroatoms. The fourth-order valence-corrected chi connectivity index (χ4v) is 2.34. The number of aromatic nitrogens is 1. The Morgan fingerprint density at radius 1 is 1.25 bits per heavy atom. The fraction of sp³-hybridized carbons (Fsp3) is 0.357. The summed E-state index contributed by atoms with van der Waals surface area (Å²) in [7, 11) is 1.68. The van der Waals surface area contributed by atoms with E-state index in [1.54, 1.807) is 7.05 Å². The molecule has 2 rings (SSSR count). The number of nitrogens with one attached hydrogen (secondary N) is 1. The second kappa shape index (κ2) is 5.13. The Morgan fingerprint density at radius 2 is 1.90 bits per heavy atom. The van der Waals surface area contributed by atoms with E-state index >= 15 is 0 Å². The van der Waals surface area contributed by atoms with Crippen LogP contribution in [0.4, 0.5) is 19.0 Å². The van der Waals surface area contributed by atoms with Gasteiger partial charge >= 0.3 is 6.18 Å². The summed E-state index contributed by atoms with van der Waals surface area (Å²) in [5, 5.41) is 3.15. The second-order valence-electron chi connectivity index (χ2n) is 4.82. The number of hydrogen-bond acceptors (Lipinski definition) is 2. The Bertz CT molecular complexity index is 651. The highest BCUT2D eigenvalue weighted by Crippen LogP contribution is 2.39. The highest BCUT2D eigenvalue weighted by molar-refractivity contribution is 6.35. The molecule has 0 saturated carbocycles. The molecule has 2 aromatic rings. The summed E-state index contributed by atoms with van der Waals surface area (Å²) in [4.78, 5) is 4.25. The summed E-state index contributed by atoms with van der Waals surface area (Å²) in [5.74, 6) is 0.600. The molecule has 108 valence electrons. The Balaban J connectivity index is 2.87. The van der Waals surface area contributed by atoms with Crippen LogP contribution in [0.15, 0.2) is 18.2 Å². The van der Waals surface area contributed by atoms with Crippen molar-refractivity contribution in [3.63, 3.8) is 0 Å². The minimum absolute atomic E-state index is 0.0349. The highest BCUT2D eigenvalue weighted by Gasteiger charge is 2.33. The first-order valence-corrected chi connectivity index (χ1v) is 6.51. The number of benzene rings is 1. The van der Waals surface area contributed by atoms with Crippen LogP contribution in [-0.4, -0.2) is 12.0 Å². The molecule has 1 N–H and O–H groups in total. The van der Waals surface area contributed by atoms with Gasteiger partial charge in [-0.3, -0.25) is 0 Å². The van der Waals surface area contributed by atoms with E-state index in [-0.39, 0.29) is 21.8 Å². The van der Waals surface area contributed by atoms with Gasteiger partial charge in [-0.05, 0) is 29.7 Å². The average molecular weight is 303 g/mol. The summed E-state index contributed by atoms with van der Waals surface area (Å²) in [5.41, 5.74) is 0.178. The van der Waals surface area contributed by atoms with Crippen LogP contribution in [0, 0.1) is 0 Å². The molecule has 0 fully saturated rings. The molecule has 1 aromatic heterocycles. The molecular formula is C14H14ClF3N2. The first-order valence-electron chi connectivity index (χ1n) is 6.13. The van der Waals surface area contributed by atoms with Crippen molar-refractivity contribution in [1.29, 1.82) is 0 Å². The lowest BCUT2D eigenvalue weighted by Gasteiger charge is -2.16. The Labute approximate surface area is 120 Å². The van der Waals surface area contributed by atoms with Crippen molar-refractivity contribution in [1.82, 2.24) is 4.98 Å². The Kier molecular flexibility index (Phi) is 3.82. The molecule has 1 aromatic carbocycles. The molecule has 0 aliphatic heterocycles. The molecular weight excluding hydrogens is 289 g/mol. The van der Waals surface area contributed by atoms with Crippen molar-refractivity contribution in [2.75, 3.05) is 12.4 Å². The summed E-state index contributed by atoms with van der Waals surface area (Å²) in [6.45, 7) is 3.81. The zero-order valence-corrected chi connectivity index (χ0v) is 12.0. The van der Waals surface area contributed by atoms with Gasteiger partial charge in [0.2, 0.25) is 0 Å².